The molecular formula is C18H13BrCl2N2O3. The van der Waals surface area contributed by atoms with Crippen LogP contribution in [-0.4, -0.2) is 20.1 Å². The summed E-state index contributed by atoms with van der Waals surface area (Å²) in [5.41, 5.74) is 0.789. The first-order valence-corrected chi connectivity index (χ1v) is 8.74. The van der Waals surface area contributed by atoms with Crippen LogP contribution in [0.4, 0.5) is 5.69 Å². The van der Waals surface area contributed by atoms with Gasteiger partial charge in [0.1, 0.15) is 11.6 Å². The lowest BCUT2D eigenvalue weighted by molar-refractivity contribution is -0.112. The molecule has 26 heavy (non-hydrogen) atoms. The number of ether oxygens (including phenoxy) is 2. The number of carbonyl (C=O) groups is 1. The maximum atomic E-state index is 12.4. The minimum Gasteiger partial charge on any atom is -0.493 e. The quantitative estimate of drug-likeness (QED) is 0.489. The zero-order valence-corrected chi connectivity index (χ0v) is 16.9. The van der Waals surface area contributed by atoms with Crippen LogP contribution in [0.3, 0.4) is 0 Å². The smallest absolute Gasteiger partial charge is 0.266 e. The molecule has 0 aromatic heterocycles. The van der Waals surface area contributed by atoms with Gasteiger partial charge in [0.05, 0.1) is 29.4 Å². The van der Waals surface area contributed by atoms with Crippen molar-refractivity contribution in [3.05, 3.63) is 56.0 Å². The Morgan fingerprint density at radius 3 is 2.58 bits per heavy atom. The molecule has 0 unspecified atom stereocenters. The standard InChI is InChI=1S/C18H13BrCl2N2O3/c1-25-16-7-10(6-13(19)17(16)26-2)5-11(9-22)18(24)23-15-8-12(20)3-4-14(15)21/h3-8H,1-2H3,(H,23,24)/b11-5-. The molecule has 2 aromatic rings. The monoisotopic (exact) mass is 454 g/mol. The van der Waals surface area contributed by atoms with Crippen molar-refractivity contribution in [3.63, 3.8) is 0 Å². The predicted molar refractivity (Wildman–Crippen MR) is 106 cm³/mol. The molecule has 0 saturated carbocycles. The van der Waals surface area contributed by atoms with Gasteiger partial charge in [-0.25, -0.2) is 0 Å². The lowest BCUT2D eigenvalue weighted by Gasteiger charge is -2.11. The molecule has 0 spiro atoms. The number of rotatable bonds is 5. The van der Waals surface area contributed by atoms with Gasteiger partial charge in [-0.15, -0.1) is 0 Å². The van der Waals surface area contributed by atoms with E-state index in [1.807, 2.05) is 6.07 Å². The van der Waals surface area contributed by atoms with Gasteiger partial charge in [-0.1, -0.05) is 23.2 Å². The van der Waals surface area contributed by atoms with Crippen LogP contribution in [0.15, 0.2) is 40.4 Å². The molecule has 134 valence electrons. The number of benzene rings is 2. The normalized spacial score (nSPS) is 10.8. The van der Waals surface area contributed by atoms with Gasteiger partial charge in [0.15, 0.2) is 11.5 Å². The second-order valence-corrected chi connectivity index (χ2v) is 6.68. The van der Waals surface area contributed by atoms with Crippen molar-refractivity contribution in [2.75, 3.05) is 19.5 Å². The number of hydrogen-bond acceptors (Lipinski definition) is 4. The lowest BCUT2D eigenvalue weighted by Crippen LogP contribution is -2.13. The van der Waals surface area contributed by atoms with Crippen molar-refractivity contribution in [2.24, 2.45) is 0 Å². The number of anilines is 1. The molecule has 1 amide bonds. The van der Waals surface area contributed by atoms with Gasteiger partial charge in [-0.3, -0.25) is 4.79 Å². The topological polar surface area (TPSA) is 71.3 Å². The molecule has 2 aromatic carbocycles. The largest absolute Gasteiger partial charge is 0.493 e. The molecule has 0 aliphatic carbocycles. The Bertz CT molecular complexity index is 923. The summed E-state index contributed by atoms with van der Waals surface area (Å²) >= 11 is 15.3. The maximum Gasteiger partial charge on any atom is 0.266 e. The summed E-state index contributed by atoms with van der Waals surface area (Å²) in [4.78, 5) is 12.4. The van der Waals surface area contributed by atoms with E-state index in [2.05, 4.69) is 21.2 Å². The van der Waals surface area contributed by atoms with Crippen LogP contribution in [0.2, 0.25) is 10.0 Å². The van der Waals surface area contributed by atoms with E-state index in [9.17, 15) is 10.1 Å². The fourth-order valence-electron chi connectivity index (χ4n) is 2.12. The third-order valence-electron chi connectivity index (χ3n) is 3.31. The van der Waals surface area contributed by atoms with Crippen LogP contribution in [0.5, 0.6) is 11.5 Å². The zero-order chi connectivity index (χ0) is 19.3. The molecule has 0 bridgehead atoms. The highest BCUT2D eigenvalue weighted by molar-refractivity contribution is 9.10. The number of nitrogens with zero attached hydrogens (tertiary/aromatic N) is 1. The summed E-state index contributed by atoms with van der Waals surface area (Å²) in [6.45, 7) is 0. The molecule has 0 heterocycles. The average Bonchev–Trinajstić information content (AvgIpc) is 2.62. The third-order valence-corrected chi connectivity index (χ3v) is 4.46. The highest BCUT2D eigenvalue weighted by atomic mass is 79.9. The van der Waals surface area contributed by atoms with Crippen molar-refractivity contribution in [1.82, 2.24) is 0 Å². The SMILES string of the molecule is COc1cc(/C=C(/C#N)C(=O)Nc2cc(Cl)ccc2Cl)cc(Br)c1OC. The molecule has 5 nitrogen and oxygen atoms in total. The Morgan fingerprint density at radius 2 is 1.96 bits per heavy atom. The second-order valence-electron chi connectivity index (χ2n) is 4.99. The number of halogens is 3. The molecule has 0 atom stereocenters. The number of nitriles is 1. The zero-order valence-electron chi connectivity index (χ0n) is 13.8. The van der Waals surface area contributed by atoms with Crippen molar-refractivity contribution < 1.29 is 14.3 Å². The van der Waals surface area contributed by atoms with Gasteiger partial charge in [-0.2, -0.15) is 5.26 Å². The molecule has 0 aliphatic rings. The van der Waals surface area contributed by atoms with Gasteiger partial charge in [0.25, 0.3) is 5.91 Å². The molecule has 2 rings (SSSR count). The molecule has 0 aliphatic heterocycles. The Labute approximate surface area is 169 Å². The molecule has 0 saturated heterocycles. The number of methoxy groups -OCH3 is 2. The van der Waals surface area contributed by atoms with E-state index in [0.29, 0.717) is 37.3 Å². The highest BCUT2D eigenvalue weighted by Crippen LogP contribution is 2.37. The Morgan fingerprint density at radius 1 is 1.23 bits per heavy atom. The Balaban J connectivity index is 2.36. The van der Waals surface area contributed by atoms with Crippen molar-refractivity contribution >= 4 is 56.8 Å². The Hall–Kier alpha value is -2.20. The van der Waals surface area contributed by atoms with E-state index < -0.39 is 5.91 Å². The number of nitrogens with one attached hydrogen (secondary N) is 1. The summed E-state index contributed by atoms with van der Waals surface area (Å²) in [7, 11) is 3.01. The van der Waals surface area contributed by atoms with E-state index in [4.69, 9.17) is 32.7 Å². The average molecular weight is 456 g/mol. The van der Waals surface area contributed by atoms with Crippen LogP contribution >= 0.6 is 39.1 Å². The Kier molecular flexibility index (Phi) is 6.92. The second kappa shape index (κ2) is 8.95. The first-order chi connectivity index (χ1) is 12.4. The maximum absolute atomic E-state index is 12.4. The minimum atomic E-state index is -0.609. The fraction of sp³-hybridized carbons (Fsp3) is 0.111. The van der Waals surface area contributed by atoms with Crippen LogP contribution in [-0.2, 0) is 4.79 Å². The summed E-state index contributed by atoms with van der Waals surface area (Å²) < 4.78 is 11.1. The number of amides is 1. The molecular weight excluding hydrogens is 443 g/mol. The molecule has 0 fully saturated rings. The lowest BCUT2D eigenvalue weighted by atomic mass is 10.1. The summed E-state index contributed by atoms with van der Waals surface area (Å²) in [6, 6.07) is 9.89. The van der Waals surface area contributed by atoms with Crippen LogP contribution in [0.25, 0.3) is 6.08 Å². The summed E-state index contributed by atoms with van der Waals surface area (Å²) in [5.74, 6) is 0.365. The predicted octanol–water partition coefficient (Wildman–Crippen LogP) is 5.32. The van der Waals surface area contributed by atoms with Gasteiger partial charge in [0, 0.05) is 5.02 Å². The van der Waals surface area contributed by atoms with Gasteiger partial charge < -0.3 is 14.8 Å². The van der Waals surface area contributed by atoms with E-state index >= 15 is 0 Å². The molecule has 0 radical (unpaired) electrons. The van der Waals surface area contributed by atoms with Gasteiger partial charge >= 0.3 is 0 Å². The van der Waals surface area contributed by atoms with Gasteiger partial charge in [-0.05, 0) is 57.9 Å². The van der Waals surface area contributed by atoms with E-state index in [-0.39, 0.29) is 5.57 Å². The van der Waals surface area contributed by atoms with E-state index in [1.165, 1.54) is 26.4 Å². The molecule has 1 N–H and O–H groups in total. The van der Waals surface area contributed by atoms with Gasteiger partial charge in [0.2, 0.25) is 0 Å². The van der Waals surface area contributed by atoms with Crippen LogP contribution in [0, 0.1) is 11.3 Å². The highest BCUT2D eigenvalue weighted by Gasteiger charge is 2.14. The first kappa shape index (κ1) is 20.1. The van der Waals surface area contributed by atoms with Crippen LogP contribution in [0.1, 0.15) is 5.56 Å². The summed E-state index contributed by atoms with van der Waals surface area (Å²) in [6.07, 6.45) is 1.43. The number of carbonyl (C=O) groups excluding carboxylic acids is 1. The van der Waals surface area contributed by atoms with Crippen molar-refractivity contribution in [3.8, 4) is 17.6 Å². The van der Waals surface area contributed by atoms with E-state index in [1.54, 1.807) is 24.3 Å². The van der Waals surface area contributed by atoms with Crippen molar-refractivity contribution in [1.29, 1.82) is 5.26 Å². The van der Waals surface area contributed by atoms with E-state index in [0.717, 1.165) is 0 Å². The minimum absolute atomic E-state index is 0.111. The van der Waals surface area contributed by atoms with Crippen molar-refractivity contribution in [2.45, 2.75) is 0 Å². The fourth-order valence-corrected chi connectivity index (χ4v) is 3.08. The third kappa shape index (κ3) is 4.70. The van der Waals surface area contributed by atoms with Crippen LogP contribution < -0.4 is 14.8 Å². The number of hydrogen-bond donors (Lipinski definition) is 1. The molecule has 8 heteroatoms. The first-order valence-electron chi connectivity index (χ1n) is 7.19. The summed E-state index contributed by atoms with van der Waals surface area (Å²) in [5, 5.41) is 12.7.